The van der Waals surface area contributed by atoms with E-state index in [1.807, 2.05) is 29.1 Å². The number of nitrogens with zero attached hydrogens (tertiary/aromatic N) is 1. The van der Waals surface area contributed by atoms with Crippen molar-refractivity contribution < 1.29 is 4.42 Å². The molecule has 0 bridgehead atoms. The monoisotopic (exact) mass is 201 g/mol. The Balaban J connectivity index is 2.23. The predicted molar refractivity (Wildman–Crippen MR) is 57.3 cm³/mol. The molecule has 2 heterocycles. The van der Waals surface area contributed by atoms with Crippen LogP contribution < -0.4 is 0 Å². The van der Waals surface area contributed by atoms with Gasteiger partial charge in [0.1, 0.15) is 5.58 Å². The molecule has 0 radical (unpaired) electrons. The van der Waals surface area contributed by atoms with Crippen molar-refractivity contribution in [1.29, 1.82) is 0 Å². The summed E-state index contributed by atoms with van der Waals surface area (Å²) < 4.78 is 5.27. The summed E-state index contributed by atoms with van der Waals surface area (Å²) in [7, 11) is 0. The SMILES string of the molecule is c1cc2cc(-c3cscn3)ccc2o1. The van der Waals surface area contributed by atoms with Crippen LogP contribution in [0.15, 0.2) is 45.8 Å². The minimum Gasteiger partial charge on any atom is -0.464 e. The third-order valence-corrected chi connectivity index (χ3v) is 2.77. The molecule has 0 saturated heterocycles. The highest BCUT2D eigenvalue weighted by Crippen LogP contribution is 2.24. The lowest BCUT2D eigenvalue weighted by Crippen LogP contribution is -1.75. The Morgan fingerprint density at radius 2 is 2.21 bits per heavy atom. The Morgan fingerprint density at radius 3 is 3.07 bits per heavy atom. The second kappa shape index (κ2) is 2.96. The Bertz CT molecular complexity index is 553. The fourth-order valence-corrected chi connectivity index (χ4v) is 2.04. The molecule has 2 nitrogen and oxygen atoms in total. The quantitative estimate of drug-likeness (QED) is 0.601. The van der Waals surface area contributed by atoms with Gasteiger partial charge >= 0.3 is 0 Å². The molecule has 0 aliphatic heterocycles. The largest absolute Gasteiger partial charge is 0.464 e. The molecular weight excluding hydrogens is 194 g/mol. The molecule has 0 amide bonds. The Labute approximate surface area is 84.8 Å². The van der Waals surface area contributed by atoms with Crippen LogP contribution >= 0.6 is 11.3 Å². The zero-order chi connectivity index (χ0) is 9.38. The molecule has 0 aliphatic rings. The predicted octanol–water partition coefficient (Wildman–Crippen LogP) is 3.56. The molecule has 3 heteroatoms. The van der Waals surface area contributed by atoms with E-state index in [1.165, 1.54) is 0 Å². The lowest BCUT2D eigenvalue weighted by molar-refractivity contribution is 0.616. The summed E-state index contributed by atoms with van der Waals surface area (Å²) in [6.07, 6.45) is 1.70. The number of hydrogen-bond donors (Lipinski definition) is 0. The Kier molecular flexibility index (Phi) is 1.64. The van der Waals surface area contributed by atoms with Gasteiger partial charge in [-0.2, -0.15) is 0 Å². The average molecular weight is 201 g/mol. The maximum absolute atomic E-state index is 5.27. The molecule has 0 aliphatic carbocycles. The first-order valence-electron chi connectivity index (χ1n) is 4.29. The molecule has 0 saturated carbocycles. The van der Waals surface area contributed by atoms with Gasteiger partial charge in [0, 0.05) is 16.3 Å². The van der Waals surface area contributed by atoms with Gasteiger partial charge in [-0.05, 0) is 24.3 Å². The van der Waals surface area contributed by atoms with Crippen LogP contribution in [0, 0.1) is 0 Å². The first kappa shape index (κ1) is 7.76. The third kappa shape index (κ3) is 1.14. The van der Waals surface area contributed by atoms with Crippen LogP contribution in [0.25, 0.3) is 22.2 Å². The molecule has 1 aromatic carbocycles. The van der Waals surface area contributed by atoms with Crippen LogP contribution in [0.5, 0.6) is 0 Å². The summed E-state index contributed by atoms with van der Waals surface area (Å²) in [5.41, 5.74) is 4.93. The van der Waals surface area contributed by atoms with Gasteiger partial charge < -0.3 is 4.42 Å². The third-order valence-electron chi connectivity index (χ3n) is 2.18. The number of fused-ring (bicyclic) bond motifs is 1. The highest BCUT2D eigenvalue weighted by Gasteiger charge is 2.02. The maximum Gasteiger partial charge on any atom is 0.133 e. The highest BCUT2D eigenvalue weighted by atomic mass is 32.1. The summed E-state index contributed by atoms with van der Waals surface area (Å²) in [5.74, 6) is 0. The van der Waals surface area contributed by atoms with E-state index in [0.717, 1.165) is 22.2 Å². The van der Waals surface area contributed by atoms with Crippen LogP contribution in [-0.4, -0.2) is 4.98 Å². The number of rotatable bonds is 1. The van der Waals surface area contributed by atoms with Crippen molar-refractivity contribution in [2.75, 3.05) is 0 Å². The summed E-state index contributed by atoms with van der Waals surface area (Å²) in [5, 5.41) is 3.16. The summed E-state index contributed by atoms with van der Waals surface area (Å²) >= 11 is 1.61. The molecule has 0 N–H and O–H groups in total. The number of benzene rings is 1. The molecule has 14 heavy (non-hydrogen) atoms. The Hall–Kier alpha value is -1.61. The van der Waals surface area contributed by atoms with Gasteiger partial charge in [-0.1, -0.05) is 0 Å². The van der Waals surface area contributed by atoms with E-state index in [-0.39, 0.29) is 0 Å². The summed E-state index contributed by atoms with van der Waals surface area (Å²) in [6, 6.07) is 8.06. The van der Waals surface area contributed by atoms with E-state index in [2.05, 4.69) is 11.1 Å². The normalized spacial score (nSPS) is 10.9. The molecule has 68 valence electrons. The van der Waals surface area contributed by atoms with Gasteiger partial charge in [0.15, 0.2) is 0 Å². The lowest BCUT2D eigenvalue weighted by Gasteiger charge is -1.95. The molecule has 3 aromatic rings. The van der Waals surface area contributed by atoms with E-state index >= 15 is 0 Å². The van der Waals surface area contributed by atoms with E-state index in [0.29, 0.717) is 0 Å². The van der Waals surface area contributed by atoms with Crippen molar-refractivity contribution in [1.82, 2.24) is 4.98 Å². The second-order valence-corrected chi connectivity index (χ2v) is 3.77. The number of hydrogen-bond acceptors (Lipinski definition) is 3. The van der Waals surface area contributed by atoms with Crippen LogP contribution in [-0.2, 0) is 0 Å². The van der Waals surface area contributed by atoms with E-state index in [4.69, 9.17) is 4.42 Å². The minimum absolute atomic E-state index is 0.920. The molecule has 0 unspecified atom stereocenters. The van der Waals surface area contributed by atoms with Crippen molar-refractivity contribution in [3.63, 3.8) is 0 Å². The van der Waals surface area contributed by atoms with Crippen molar-refractivity contribution in [2.45, 2.75) is 0 Å². The summed E-state index contributed by atoms with van der Waals surface area (Å²) in [6.45, 7) is 0. The van der Waals surface area contributed by atoms with Gasteiger partial charge in [-0.15, -0.1) is 11.3 Å². The minimum atomic E-state index is 0.920. The van der Waals surface area contributed by atoms with E-state index < -0.39 is 0 Å². The van der Waals surface area contributed by atoms with Crippen molar-refractivity contribution in [3.8, 4) is 11.3 Å². The Morgan fingerprint density at radius 1 is 1.21 bits per heavy atom. The van der Waals surface area contributed by atoms with E-state index in [9.17, 15) is 0 Å². The molecule has 0 atom stereocenters. The van der Waals surface area contributed by atoms with Crippen molar-refractivity contribution >= 4 is 22.3 Å². The zero-order valence-corrected chi connectivity index (χ0v) is 8.12. The van der Waals surface area contributed by atoms with E-state index in [1.54, 1.807) is 17.6 Å². The van der Waals surface area contributed by atoms with Crippen LogP contribution in [0.1, 0.15) is 0 Å². The molecule has 3 rings (SSSR count). The van der Waals surface area contributed by atoms with Gasteiger partial charge in [-0.25, -0.2) is 4.98 Å². The maximum atomic E-state index is 5.27. The molecule has 0 fully saturated rings. The number of furan rings is 1. The van der Waals surface area contributed by atoms with Crippen molar-refractivity contribution in [3.05, 3.63) is 41.4 Å². The summed E-state index contributed by atoms with van der Waals surface area (Å²) in [4.78, 5) is 4.27. The highest BCUT2D eigenvalue weighted by molar-refractivity contribution is 7.07. The second-order valence-electron chi connectivity index (χ2n) is 3.05. The molecular formula is C11H7NOS. The van der Waals surface area contributed by atoms with Crippen LogP contribution in [0.2, 0.25) is 0 Å². The van der Waals surface area contributed by atoms with Gasteiger partial charge in [0.25, 0.3) is 0 Å². The zero-order valence-electron chi connectivity index (χ0n) is 7.31. The first-order chi connectivity index (χ1) is 6.93. The van der Waals surface area contributed by atoms with Gasteiger partial charge in [-0.3, -0.25) is 0 Å². The number of thiazole rings is 1. The fraction of sp³-hybridized carbons (Fsp3) is 0. The number of aromatic nitrogens is 1. The fourth-order valence-electron chi connectivity index (χ4n) is 1.48. The van der Waals surface area contributed by atoms with Gasteiger partial charge in [0.05, 0.1) is 17.5 Å². The topological polar surface area (TPSA) is 26.0 Å². The van der Waals surface area contributed by atoms with Crippen molar-refractivity contribution in [2.24, 2.45) is 0 Å². The molecule has 0 spiro atoms. The first-order valence-corrected chi connectivity index (χ1v) is 5.23. The smallest absolute Gasteiger partial charge is 0.133 e. The average Bonchev–Trinajstić information content (AvgIpc) is 2.88. The standard InChI is InChI=1S/C11H7NOS/c1-2-11-9(3-4-13-11)5-8(1)10-6-14-7-12-10/h1-7H. The molecule has 2 aromatic heterocycles. The lowest BCUT2D eigenvalue weighted by atomic mass is 10.1. The van der Waals surface area contributed by atoms with Gasteiger partial charge in [0.2, 0.25) is 0 Å². The van der Waals surface area contributed by atoms with Crippen LogP contribution in [0.4, 0.5) is 0 Å². The van der Waals surface area contributed by atoms with Crippen LogP contribution in [0.3, 0.4) is 0 Å².